The Bertz CT molecular complexity index is 516. The van der Waals surface area contributed by atoms with Crippen molar-refractivity contribution >= 4 is 17.9 Å². The molecule has 0 aromatic heterocycles. The number of benzene rings is 1. The van der Waals surface area contributed by atoms with Crippen molar-refractivity contribution in [1.82, 2.24) is 10.6 Å². The molecule has 1 unspecified atom stereocenters. The lowest BCUT2D eigenvalue weighted by atomic mass is 10.1. The molecule has 1 aromatic rings. The first-order valence-corrected chi connectivity index (χ1v) is 6.56. The van der Waals surface area contributed by atoms with E-state index >= 15 is 0 Å². The smallest absolute Gasteiger partial charge is 0.244 e. The molecule has 106 valence electrons. The van der Waals surface area contributed by atoms with Crippen molar-refractivity contribution in [2.75, 3.05) is 13.7 Å². The average molecular weight is 274 g/mol. The third kappa shape index (κ3) is 4.12. The minimum Gasteiger partial charge on any atom is -0.497 e. The van der Waals surface area contributed by atoms with Gasteiger partial charge in [0.05, 0.1) is 7.11 Å². The molecule has 5 nitrogen and oxygen atoms in total. The zero-order chi connectivity index (χ0) is 14.4. The van der Waals surface area contributed by atoms with E-state index in [1.807, 2.05) is 24.3 Å². The summed E-state index contributed by atoms with van der Waals surface area (Å²) in [6, 6.07) is 7.47. The van der Waals surface area contributed by atoms with Crippen molar-refractivity contribution in [3.05, 3.63) is 35.9 Å². The number of hydrogen-bond donors (Lipinski definition) is 2. The van der Waals surface area contributed by atoms with Crippen LogP contribution in [0.15, 0.2) is 30.3 Å². The standard InChI is InChI=1S/C15H18N2O3/c1-20-13-4-2-3-11(9-13)5-7-15(19)17-12-6-8-14(18)16-10-12/h2-5,7,9,12H,6,8,10H2,1H3,(H,16,18)(H,17,19). The van der Waals surface area contributed by atoms with E-state index in [0.29, 0.717) is 19.4 Å². The predicted molar refractivity (Wildman–Crippen MR) is 76.2 cm³/mol. The minimum atomic E-state index is -0.158. The van der Waals surface area contributed by atoms with Crippen LogP contribution in [0.3, 0.4) is 0 Å². The maximum atomic E-state index is 11.8. The first-order valence-electron chi connectivity index (χ1n) is 6.56. The molecule has 0 aliphatic carbocycles. The highest BCUT2D eigenvalue weighted by Crippen LogP contribution is 2.13. The Labute approximate surface area is 118 Å². The molecule has 1 saturated heterocycles. The molecular formula is C15H18N2O3. The summed E-state index contributed by atoms with van der Waals surface area (Å²) in [7, 11) is 1.60. The third-order valence-corrected chi connectivity index (χ3v) is 3.13. The van der Waals surface area contributed by atoms with E-state index in [2.05, 4.69) is 10.6 Å². The summed E-state index contributed by atoms with van der Waals surface area (Å²) >= 11 is 0. The fourth-order valence-electron chi connectivity index (χ4n) is 2.02. The van der Waals surface area contributed by atoms with Gasteiger partial charge in [0.25, 0.3) is 0 Å². The van der Waals surface area contributed by atoms with E-state index < -0.39 is 0 Å². The molecule has 20 heavy (non-hydrogen) atoms. The van der Waals surface area contributed by atoms with Gasteiger partial charge in [0, 0.05) is 25.1 Å². The van der Waals surface area contributed by atoms with Gasteiger partial charge in [0.15, 0.2) is 0 Å². The third-order valence-electron chi connectivity index (χ3n) is 3.13. The van der Waals surface area contributed by atoms with Gasteiger partial charge in [-0.05, 0) is 30.2 Å². The summed E-state index contributed by atoms with van der Waals surface area (Å²) < 4.78 is 5.12. The first-order chi connectivity index (χ1) is 9.67. The van der Waals surface area contributed by atoms with Crippen molar-refractivity contribution in [2.45, 2.75) is 18.9 Å². The van der Waals surface area contributed by atoms with Gasteiger partial charge in [-0.2, -0.15) is 0 Å². The SMILES string of the molecule is COc1cccc(C=CC(=O)NC2CCC(=O)NC2)c1. The van der Waals surface area contributed by atoms with Crippen LogP contribution in [0.25, 0.3) is 6.08 Å². The summed E-state index contributed by atoms with van der Waals surface area (Å²) in [4.78, 5) is 22.8. The summed E-state index contributed by atoms with van der Waals surface area (Å²) in [6.07, 6.45) is 4.37. The predicted octanol–water partition coefficient (Wildman–Crippen LogP) is 1.10. The molecule has 1 aliphatic heterocycles. The molecule has 2 N–H and O–H groups in total. The molecule has 5 heteroatoms. The number of amides is 2. The zero-order valence-corrected chi connectivity index (χ0v) is 11.4. The molecule has 0 spiro atoms. The Morgan fingerprint density at radius 3 is 3.05 bits per heavy atom. The van der Waals surface area contributed by atoms with Gasteiger partial charge < -0.3 is 15.4 Å². The molecule has 2 amide bonds. The van der Waals surface area contributed by atoms with Crippen LogP contribution in [0.2, 0.25) is 0 Å². The molecule has 0 bridgehead atoms. The normalized spacial score (nSPS) is 18.6. The van der Waals surface area contributed by atoms with E-state index in [1.165, 1.54) is 6.08 Å². The first kappa shape index (κ1) is 14.1. The van der Waals surface area contributed by atoms with Gasteiger partial charge in [0.1, 0.15) is 5.75 Å². The fourth-order valence-corrected chi connectivity index (χ4v) is 2.02. The van der Waals surface area contributed by atoms with Crippen LogP contribution >= 0.6 is 0 Å². The summed E-state index contributed by atoms with van der Waals surface area (Å²) in [6.45, 7) is 0.498. The van der Waals surface area contributed by atoms with Crippen LogP contribution in [-0.2, 0) is 9.59 Å². The number of rotatable bonds is 4. The number of piperidine rings is 1. The Hall–Kier alpha value is -2.30. The van der Waals surface area contributed by atoms with Crippen LogP contribution in [0.5, 0.6) is 5.75 Å². The summed E-state index contributed by atoms with van der Waals surface area (Å²) in [5.74, 6) is 0.638. The van der Waals surface area contributed by atoms with E-state index in [1.54, 1.807) is 13.2 Å². The molecule has 2 rings (SSSR count). The number of methoxy groups -OCH3 is 1. The Morgan fingerprint density at radius 2 is 2.35 bits per heavy atom. The van der Waals surface area contributed by atoms with E-state index in [0.717, 1.165) is 11.3 Å². The van der Waals surface area contributed by atoms with Gasteiger partial charge in [0.2, 0.25) is 11.8 Å². The van der Waals surface area contributed by atoms with E-state index in [4.69, 9.17) is 4.74 Å². The Balaban J connectivity index is 1.87. The van der Waals surface area contributed by atoms with Crippen molar-refractivity contribution in [1.29, 1.82) is 0 Å². The monoisotopic (exact) mass is 274 g/mol. The highest BCUT2D eigenvalue weighted by Gasteiger charge is 2.18. The summed E-state index contributed by atoms with van der Waals surface area (Å²) in [5.41, 5.74) is 0.899. The minimum absolute atomic E-state index is 0.00941. The molecule has 0 radical (unpaired) electrons. The van der Waals surface area contributed by atoms with Gasteiger partial charge in [-0.1, -0.05) is 12.1 Å². The van der Waals surface area contributed by atoms with Crippen molar-refractivity contribution in [3.8, 4) is 5.75 Å². The molecule has 1 aromatic carbocycles. The number of hydrogen-bond acceptors (Lipinski definition) is 3. The second-order valence-corrected chi connectivity index (χ2v) is 4.66. The van der Waals surface area contributed by atoms with Crippen LogP contribution < -0.4 is 15.4 Å². The van der Waals surface area contributed by atoms with Crippen molar-refractivity contribution < 1.29 is 14.3 Å². The van der Waals surface area contributed by atoms with Crippen molar-refractivity contribution in [3.63, 3.8) is 0 Å². The highest BCUT2D eigenvalue weighted by atomic mass is 16.5. The second-order valence-electron chi connectivity index (χ2n) is 4.66. The molecular weight excluding hydrogens is 256 g/mol. The number of ether oxygens (including phenoxy) is 1. The van der Waals surface area contributed by atoms with Crippen LogP contribution in [0.4, 0.5) is 0 Å². The highest BCUT2D eigenvalue weighted by molar-refractivity contribution is 5.92. The average Bonchev–Trinajstić information content (AvgIpc) is 2.48. The van der Waals surface area contributed by atoms with Gasteiger partial charge in [-0.25, -0.2) is 0 Å². The lowest BCUT2D eigenvalue weighted by Gasteiger charge is -2.22. The summed E-state index contributed by atoms with van der Waals surface area (Å²) in [5, 5.41) is 5.60. The van der Waals surface area contributed by atoms with Crippen LogP contribution in [0.1, 0.15) is 18.4 Å². The topological polar surface area (TPSA) is 67.4 Å². The molecule has 1 atom stereocenters. The van der Waals surface area contributed by atoms with Crippen LogP contribution in [-0.4, -0.2) is 31.5 Å². The Morgan fingerprint density at radius 1 is 1.50 bits per heavy atom. The largest absolute Gasteiger partial charge is 0.497 e. The maximum absolute atomic E-state index is 11.8. The van der Waals surface area contributed by atoms with Gasteiger partial charge in [-0.15, -0.1) is 0 Å². The zero-order valence-electron chi connectivity index (χ0n) is 11.4. The molecule has 1 aliphatic rings. The lowest BCUT2D eigenvalue weighted by Crippen LogP contribution is -2.47. The Kier molecular flexibility index (Phi) is 4.76. The van der Waals surface area contributed by atoms with E-state index in [9.17, 15) is 9.59 Å². The molecule has 0 saturated carbocycles. The number of carbonyl (C=O) groups excluding carboxylic acids is 2. The molecule has 1 heterocycles. The quantitative estimate of drug-likeness (QED) is 0.808. The maximum Gasteiger partial charge on any atom is 0.244 e. The fraction of sp³-hybridized carbons (Fsp3) is 0.333. The molecule has 1 fully saturated rings. The van der Waals surface area contributed by atoms with Crippen LogP contribution in [0, 0.1) is 0 Å². The number of nitrogens with one attached hydrogen (secondary N) is 2. The second kappa shape index (κ2) is 6.75. The van der Waals surface area contributed by atoms with Crippen molar-refractivity contribution in [2.24, 2.45) is 0 Å². The number of carbonyl (C=O) groups is 2. The van der Waals surface area contributed by atoms with Gasteiger partial charge >= 0.3 is 0 Å². The van der Waals surface area contributed by atoms with Gasteiger partial charge in [-0.3, -0.25) is 9.59 Å². The van der Waals surface area contributed by atoms with E-state index in [-0.39, 0.29) is 17.9 Å². The lowest BCUT2D eigenvalue weighted by molar-refractivity contribution is -0.124.